The lowest BCUT2D eigenvalue weighted by molar-refractivity contribution is 0.0951. The van der Waals surface area contributed by atoms with E-state index in [1.165, 1.54) is 11.3 Å². The molecule has 0 radical (unpaired) electrons. The van der Waals surface area contributed by atoms with Gasteiger partial charge in [0.15, 0.2) is 0 Å². The zero-order valence-electron chi connectivity index (χ0n) is 9.80. The van der Waals surface area contributed by atoms with E-state index in [1.54, 1.807) is 11.4 Å². The molecule has 1 aromatic carbocycles. The van der Waals surface area contributed by atoms with Crippen molar-refractivity contribution in [3.8, 4) is 0 Å². The number of carbonyl (C=O) groups excluding carboxylic acids is 1. The maximum Gasteiger partial charge on any atom is 0.263 e. The van der Waals surface area contributed by atoms with Gasteiger partial charge in [0.25, 0.3) is 5.91 Å². The SMILES string of the molecule is NC(=S)C(NC(=O)c1sccc1Cl)c1ccccc1. The largest absolute Gasteiger partial charge is 0.391 e. The van der Waals surface area contributed by atoms with Crippen LogP contribution in [0.25, 0.3) is 0 Å². The third-order valence-electron chi connectivity index (χ3n) is 2.52. The second kappa shape index (κ2) is 6.14. The second-order valence-electron chi connectivity index (χ2n) is 3.82. The first-order valence-corrected chi connectivity index (χ1v) is 7.14. The summed E-state index contributed by atoms with van der Waals surface area (Å²) < 4.78 is 0. The molecule has 3 nitrogen and oxygen atoms in total. The topological polar surface area (TPSA) is 55.1 Å². The lowest BCUT2D eigenvalue weighted by atomic mass is 10.1. The Kier molecular flexibility index (Phi) is 4.52. The molecule has 0 bridgehead atoms. The van der Waals surface area contributed by atoms with Crippen LogP contribution in [0.3, 0.4) is 0 Å². The smallest absolute Gasteiger partial charge is 0.263 e. The second-order valence-corrected chi connectivity index (χ2v) is 5.61. The summed E-state index contributed by atoms with van der Waals surface area (Å²) in [6.07, 6.45) is 0. The lowest BCUT2D eigenvalue weighted by Gasteiger charge is -2.17. The third kappa shape index (κ3) is 3.32. The van der Waals surface area contributed by atoms with Crippen molar-refractivity contribution in [2.45, 2.75) is 6.04 Å². The van der Waals surface area contributed by atoms with Gasteiger partial charge in [-0.05, 0) is 17.0 Å². The molecule has 98 valence electrons. The highest BCUT2D eigenvalue weighted by molar-refractivity contribution is 7.80. The molecule has 0 spiro atoms. The number of rotatable bonds is 4. The quantitative estimate of drug-likeness (QED) is 0.853. The van der Waals surface area contributed by atoms with Crippen LogP contribution in [0.4, 0.5) is 0 Å². The number of nitrogens with one attached hydrogen (secondary N) is 1. The minimum absolute atomic E-state index is 0.215. The highest BCUT2D eigenvalue weighted by Crippen LogP contribution is 2.23. The molecule has 0 aliphatic heterocycles. The molecular formula is C13H11ClN2OS2. The molecule has 1 heterocycles. The van der Waals surface area contributed by atoms with Gasteiger partial charge in [0.05, 0.1) is 5.02 Å². The predicted molar refractivity (Wildman–Crippen MR) is 82.8 cm³/mol. The van der Waals surface area contributed by atoms with Crippen molar-refractivity contribution in [1.82, 2.24) is 5.32 Å². The predicted octanol–water partition coefficient (Wildman–Crippen LogP) is 3.16. The van der Waals surface area contributed by atoms with Crippen LogP contribution in [0.2, 0.25) is 5.02 Å². The summed E-state index contributed by atoms with van der Waals surface area (Å²) in [6.45, 7) is 0. The zero-order valence-corrected chi connectivity index (χ0v) is 12.2. The Morgan fingerprint density at radius 2 is 2.00 bits per heavy atom. The van der Waals surface area contributed by atoms with Crippen molar-refractivity contribution >= 4 is 46.1 Å². The Bertz CT molecular complexity index is 598. The van der Waals surface area contributed by atoms with Gasteiger partial charge in [-0.3, -0.25) is 4.79 Å². The molecule has 2 aromatic rings. The first-order valence-electron chi connectivity index (χ1n) is 5.47. The molecule has 1 unspecified atom stereocenters. The van der Waals surface area contributed by atoms with Crippen LogP contribution in [0.15, 0.2) is 41.8 Å². The average Bonchev–Trinajstić information content (AvgIpc) is 2.82. The van der Waals surface area contributed by atoms with Crippen molar-refractivity contribution in [2.75, 3.05) is 0 Å². The normalized spacial score (nSPS) is 11.8. The molecule has 0 saturated heterocycles. The molecule has 6 heteroatoms. The van der Waals surface area contributed by atoms with E-state index in [-0.39, 0.29) is 10.9 Å². The molecule has 1 aromatic heterocycles. The lowest BCUT2D eigenvalue weighted by Crippen LogP contribution is -2.36. The molecular weight excluding hydrogens is 300 g/mol. The number of carbonyl (C=O) groups is 1. The van der Waals surface area contributed by atoms with Crippen LogP contribution in [0.1, 0.15) is 21.3 Å². The Morgan fingerprint density at radius 3 is 2.53 bits per heavy atom. The van der Waals surface area contributed by atoms with Crippen molar-refractivity contribution in [3.63, 3.8) is 0 Å². The maximum atomic E-state index is 12.1. The van der Waals surface area contributed by atoms with E-state index in [2.05, 4.69) is 5.32 Å². The molecule has 1 atom stereocenters. The van der Waals surface area contributed by atoms with E-state index in [0.717, 1.165) is 5.56 Å². The number of benzene rings is 1. The minimum Gasteiger partial charge on any atom is -0.391 e. The van der Waals surface area contributed by atoms with E-state index in [0.29, 0.717) is 9.90 Å². The zero-order chi connectivity index (χ0) is 13.8. The maximum absolute atomic E-state index is 12.1. The standard InChI is InChI=1S/C13H11ClN2OS2/c14-9-6-7-19-11(9)13(17)16-10(12(15)18)8-4-2-1-3-5-8/h1-7,10H,(H2,15,18)(H,16,17). The van der Waals surface area contributed by atoms with Crippen molar-refractivity contribution in [2.24, 2.45) is 5.73 Å². The Morgan fingerprint density at radius 1 is 1.32 bits per heavy atom. The molecule has 2 rings (SSSR count). The Hall–Kier alpha value is -1.43. The number of amides is 1. The highest BCUT2D eigenvalue weighted by Gasteiger charge is 2.20. The summed E-state index contributed by atoms with van der Waals surface area (Å²) in [7, 11) is 0. The summed E-state index contributed by atoms with van der Waals surface area (Å²) in [4.78, 5) is 12.8. The molecule has 0 saturated carbocycles. The number of nitrogens with two attached hydrogens (primary N) is 1. The fraction of sp³-hybridized carbons (Fsp3) is 0.0769. The number of hydrogen-bond acceptors (Lipinski definition) is 3. The van der Waals surface area contributed by atoms with E-state index < -0.39 is 6.04 Å². The van der Waals surface area contributed by atoms with Crippen LogP contribution in [0, 0.1) is 0 Å². The van der Waals surface area contributed by atoms with E-state index in [9.17, 15) is 4.79 Å². The fourth-order valence-corrected chi connectivity index (χ4v) is 2.86. The van der Waals surface area contributed by atoms with E-state index in [4.69, 9.17) is 29.6 Å². The third-order valence-corrected chi connectivity index (χ3v) is 4.09. The van der Waals surface area contributed by atoms with Crippen molar-refractivity contribution < 1.29 is 4.79 Å². The monoisotopic (exact) mass is 310 g/mol. The van der Waals surface area contributed by atoms with Gasteiger partial charge >= 0.3 is 0 Å². The molecule has 3 N–H and O–H groups in total. The summed E-state index contributed by atoms with van der Waals surface area (Å²) in [6, 6.07) is 10.5. The Labute approximate surface area is 125 Å². The molecule has 0 aliphatic rings. The van der Waals surface area contributed by atoms with Crippen LogP contribution in [-0.4, -0.2) is 10.9 Å². The van der Waals surface area contributed by atoms with Crippen molar-refractivity contribution in [1.29, 1.82) is 0 Å². The van der Waals surface area contributed by atoms with E-state index >= 15 is 0 Å². The Balaban J connectivity index is 2.21. The summed E-state index contributed by atoms with van der Waals surface area (Å²) >= 11 is 12.2. The summed E-state index contributed by atoms with van der Waals surface area (Å²) in [5.41, 5.74) is 6.54. The summed E-state index contributed by atoms with van der Waals surface area (Å²) in [5, 5.41) is 4.98. The van der Waals surface area contributed by atoms with E-state index in [1.807, 2.05) is 30.3 Å². The number of hydrogen-bond donors (Lipinski definition) is 2. The number of thiophene rings is 1. The first-order chi connectivity index (χ1) is 9.09. The first kappa shape index (κ1) is 14.0. The van der Waals surface area contributed by atoms with Gasteiger partial charge in [-0.1, -0.05) is 54.2 Å². The van der Waals surface area contributed by atoms with Gasteiger partial charge in [-0.2, -0.15) is 0 Å². The van der Waals surface area contributed by atoms with Gasteiger partial charge in [0.1, 0.15) is 15.9 Å². The van der Waals surface area contributed by atoms with Crippen LogP contribution >= 0.6 is 35.2 Å². The van der Waals surface area contributed by atoms with Crippen LogP contribution < -0.4 is 11.1 Å². The average molecular weight is 311 g/mol. The van der Waals surface area contributed by atoms with Gasteiger partial charge in [0, 0.05) is 0 Å². The van der Waals surface area contributed by atoms with Gasteiger partial charge in [-0.15, -0.1) is 11.3 Å². The van der Waals surface area contributed by atoms with Crippen LogP contribution in [0.5, 0.6) is 0 Å². The van der Waals surface area contributed by atoms with Gasteiger partial charge < -0.3 is 11.1 Å². The molecule has 1 amide bonds. The fourth-order valence-electron chi connectivity index (χ4n) is 1.62. The molecule has 19 heavy (non-hydrogen) atoms. The van der Waals surface area contributed by atoms with Crippen LogP contribution in [-0.2, 0) is 0 Å². The van der Waals surface area contributed by atoms with Gasteiger partial charge in [-0.25, -0.2) is 0 Å². The molecule has 0 aliphatic carbocycles. The molecule has 0 fully saturated rings. The highest BCUT2D eigenvalue weighted by atomic mass is 35.5. The number of halogens is 1. The minimum atomic E-state index is -0.498. The number of thiocarbonyl (C=S) groups is 1. The van der Waals surface area contributed by atoms with Crippen molar-refractivity contribution in [3.05, 3.63) is 57.2 Å². The summed E-state index contributed by atoms with van der Waals surface area (Å²) in [5.74, 6) is -0.276. The van der Waals surface area contributed by atoms with Gasteiger partial charge in [0.2, 0.25) is 0 Å².